The number of aliphatic imine (C=N–C) groups is 1. The monoisotopic (exact) mass is 388 g/mol. The minimum Gasteiger partial charge on any atom is -0.454 e. The summed E-state index contributed by atoms with van der Waals surface area (Å²) in [7, 11) is 0. The molecule has 0 fully saturated rings. The normalized spacial score (nSPS) is 13.7. The number of fused-ring (bicyclic) bond motifs is 1. The Morgan fingerprint density at radius 2 is 2.04 bits per heavy atom. The molecular formula is C20H28N4O2S. The van der Waals surface area contributed by atoms with Crippen molar-refractivity contribution in [3.63, 3.8) is 0 Å². The first-order chi connectivity index (χ1) is 13.0. The van der Waals surface area contributed by atoms with E-state index < -0.39 is 0 Å². The van der Waals surface area contributed by atoms with Crippen LogP contribution in [0.25, 0.3) is 0 Å². The second-order valence-corrected chi connectivity index (χ2v) is 8.38. The molecule has 2 heterocycles. The lowest BCUT2D eigenvalue weighted by molar-refractivity contribution is 0.174. The molecule has 0 saturated carbocycles. The number of ether oxygens (including phenoxy) is 2. The summed E-state index contributed by atoms with van der Waals surface area (Å²) in [5.74, 6) is 2.46. The van der Waals surface area contributed by atoms with Gasteiger partial charge in [-0.15, -0.1) is 11.3 Å². The number of aromatic nitrogens is 1. The molecule has 1 aromatic heterocycles. The third-order valence-corrected chi connectivity index (χ3v) is 5.01. The summed E-state index contributed by atoms with van der Waals surface area (Å²) in [4.78, 5) is 9.37. The van der Waals surface area contributed by atoms with Crippen molar-refractivity contribution in [3.05, 3.63) is 39.8 Å². The van der Waals surface area contributed by atoms with Gasteiger partial charge in [0.25, 0.3) is 0 Å². The Kier molecular flexibility index (Phi) is 6.21. The van der Waals surface area contributed by atoms with Crippen LogP contribution in [-0.4, -0.2) is 30.8 Å². The Labute approximate surface area is 165 Å². The van der Waals surface area contributed by atoms with E-state index in [1.54, 1.807) is 11.3 Å². The number of nitrogens with zero attached hydrogens (tertiary/aromatic N) is 2. The highest BCUT2D eigenvalue weighted by Crippen LogP contribution is 2.32. The molecule has 0 spiro atoms. The van der Waals surface area contributed by atoms with Gasteiger partial charge in [0.1, 0.15) is 5.01 Å². The zero-order chi connectivity index (χ0) is 19.3. The quantitative estimate of drug-likeness (QED) is 0.586. The van der Waals surface area contributed by atoms with Gasteiger partial charge in [0.2, 0.25) is 6.79 Å². The molecular weight excluding hydrogens is 360 g/mol. The summed E-state index contributed by atoms with van der Waals surface area (Å²) in [6.07, 6.45) is 0.881. The first-order valence-corrected chi connectivity index (χ1v) is 10.2. The largest absolute Gasteiger partial charge is 0.454 e. The van der Waals surface area contributed by atoms with Crippen molar-refractivity contribution in [1.29, 1.82) is 0 Å². The van der Waals surface area contributed by atoms with E-state index in [4.69, 9.17) is 14.5 Å². The molecule has 3 rings (SSSR count). The maximum Gasteiger partial charge on any atom is 0.231 e. The second-order valence-electron chi connectivity index (χ2n) is 7.44. The molecule has 0 atom stereocenters. The molecule has 1 aliphatic rings. The van der Waals surface area contributed by atoms with E-state index in [1.165, 1.54) is 5.56 Å². The predicted molar refractivity (Wildman–Crippen MR) is 110 cm³/mol. The zero-order valence-corrected chi connectivity index (χ0v) is 17.3. The lowest BCUT2D eigenvalue weighted by Gasteiger charge is -2.14. The van der Waals surface area contributed by atoms with Crippen molar-refractivity contribution in [1.82, 2.24) is 15.6 Å². The van der Waals surface area contributed by atoms with Crippen LogP contribution in [0.15, 0.2) is 28.6 Å². The van der Waals surface area contributed by atoms with E-state index in [1.807, 2.05) is 12.1 Å². The number of hydrogen-bond acceptors (Lipinski definition) is 5. The Morgan fingerprint density at radius 1 is 1.22 bits per heavy atom. The first kappa shape index (κ1) is 19.5. The fourth-order valence-electron chi connectivity index (χ4n) is 2.64. The van der Waals surface area contributed by atoms with E-state index in [0.717, 1.165) is 47.7 Å². The van der Waals surface area contributed by atoms with Crippen LogP contribution in [0.3, 0.4) is 0 Å². The van der Waals surface area contributed by atoms with Gasteiger partial charge in [-0.2, -0.15) is 0 Å². The minimum absolute atomic E-state index is 0.0752. The number of rotatable bonds is 6. The lowest BCUT2D eigenvalue weighted by Crippen LogP contribution is -2.38. The maximum absolute atomic E-state index is 5.43. The van der Waals surface area contributed by atoms with E-state index >= 15 is 0 Å². The average Bonchev–Trinajstić information content (AvgIpc) is 3.28. The molecule has 0 aliphatic carbocycles. The lowest BCUT2D eigenvalue weighted by atomic mass is 9.93. The molecule has 0 bridgehead atoms. The topological polar surface area (TPSA) is 67.8 Å². The number of benzene rings is 1. The number of hydrogen-bond donors (Lipinski definition) is 2. The highest BCUT2D eigenvalue weighted by Gasteiger charge is 2.17. The number of nitrogens with one attached hydrogen (secondary N) is 2. The standard InChI is InChI=1S/C20H28N4O2S/c1-5-21-19(23-11-18-24-17(12-27-18)20(2,3)4)22-9-8-14-6-7-15-16(10-14)26-13-25-15/h6-7,10,12H,5,8-9,11,13H2,1-4H3,(H2,21,22,23). The molecule has 0 saturated heterocycles. The molecule has 7 heteroatoms. The van der Waals surface area contributed by atoms with E-state index in [9.17, 15) is 0 Å². The van der Waals surface area contributed by atoms with Crippen molar-refractivity contribution >= 4 is 17.3 Å². The molecule has 27 heavy (non-hydrogen) atoms. The van der Waals surface area contributed by atoms with Gasteiger partial charge >= 0.3 is 0 Å². The van der Waals surface area contributed by atoms with Crippen LogP contribution in [0.2, 0.25) is 0 Å². The second kappa shape index (κ2) is 8.61. The zero-order valence-electron chi connectivity index (χ0n) is 16.5. The van der Waals surface area contributed by atoms with Crippen molar-refractivity contribution in [2.75, 3.05) is 19.9 Å². The highest BCUT2D eigenvalue weighted by molar-refractivity contribution is 7.09. The van der Waals surface area contributed by atoms with Crippen LogP contribution in [0.1, 0.15) is 44.0 Å². The smallest absolute Gasteiger partial charge is 0.231 e. The summed E-state index contributed by atoms with van der Waals surface area (Å²) >= 11 is 1.67. The summed E-state index contributed by atoms with van der Waals surface area (Å²) in [6, 6.07) is 6.08. The van der Waals surface area contributed by atoms with Crippen LogP contribution >= 0.6 is 11.3 Å². The van der Waals surface area contributed by atoms with E-state index in [2.05, 4.69) is 54.8 Å². The minimum atomic E-state index is 0.0752. The van der Waals surface area contributed by atoms with Crippen LogP contribution in [0.5, 0.6) is 11.5 Å². The molecule has 0 unspecified atom stereocenters. The Bertz CT molecular complexity index is 796. The van der Waals surface area contributed by atoms with Gasteiger partial charge in [-0.1, -0.05) is 26.8 Å². The number of thiazole rings is 1. The molecule has 1 aromatic carbocycles. The molecule has 6 nitrogen and oxygen atoms in total. The molecule has 2 aromatic rings. The average molecular weight is 389 g/mol. The van der Waals surface area contributed by atoms with E-state index in [0.29, 0.717) is 13.3 Å². The third-order valence-electron chi connectivity index (χ3n) is 4.18. The van der Waals surface area contributed by atoms with Gasteiger partial charge in [-0.25, -0.2) is 9.98 Å². The summed E-state index contributed by atoms with van der Waals surface area (Å²) in [5.41, 5.74) is 2.40. The maximum atomic E-state index is 5.43. The SMILES string of the molecule is CCNC(=NCc1nc(C(C)(C)C)cs1)NCCc1ccc2c(c1)OCO2. The Morgan fingerprint density at radius 3 is 2.78 bits per heavy atom. The highest BCUT2D eigenvalue weighted by atomic mass is 32.1. The van der Waals surface area contributed by atoms with Gasteiger partial charge in [0.15, 0.2) is 17.5 Å². The van der Waals surface area contributed by atoms with Gasteiger partial charge in [0, 0.05) is 23.9 Å². The van der Waals surface area contributed by atoms with Crippen LogP contribution in [0, 0.1) is 0 Å². The van der Waals surface area contributed by atoms with Gasteiger partial charge in [-0.05, 0) is 31.0 Å². The van der Waals surface area contributed by atoms with Crippen molar-refractivity contribution in [2.45, 2.75) is 46.1 Å². The molecule has 146 valence electrons. The summed E-state index contributed by atoms with van der Waals surface area (Å²) in [5, 5.41) is 9.84. The molecule has 1 aliphatic heterocycles. The molecule has 0 amide bonds. The summed E-state index contributed by atoms with van der Waals surface area (Å²) in [6.45, 7) is 11.1. The van der Waals surface area contributed by atoms with Crippen molar-refractivity contribution < 1.29 is 9.47 Å². The van der Waals surface area contributed by atoms with Crippen LogP contribution in [0.4, 0.5) is 0 Å². The van der Waals surface area contributed by atoms with Gasteiger partial charge in [0.05, 0.1) is 12.2 Å². The first-order valence-electron chi connectivity index (χ1n) is 9.31. The fraction of sp³-hybridized carbons (Fsp3) is 0.500. The predicted octanol–water partition coefficient (Wildman–Crippen LogP) is 3.47. The fourth-order valence-corrected chi connectivity index (χ4v) is 3.58. The molecule has 0 radical (unpaired) electrons. The van der Waals surface area contributed by atoms with Crippen molar-refractivity contribution in [2.24, 2.45) is 4.99 Å². The van der Waals surface area contributed by atoms with Crippen molar-refractivity contribution in [3.8, 4) is 11.5 Å². The van der Waals surface area contributed by atoms with E-state index in [-0.39, 0.29) is 5.41 Å². The summed E-state index contributed by atoms with van der Waals surface area (Å²) < 4.78 is 10.8. The van der Waals surface area contributed by atoms with Gasteiger partial charge < -0.3 is 20.1 Å². The Hall–Kier alpha value is -2.28. The van der Waals surface area contributed by atoms with Crippen LogP contribution < -0.4 is 20.1 Å². The van der Waals surface area contributed by atoms with Crippen LogP contribution in [-0.2, 0) is 18.4 Å². The molecule has 2 N–H and O–H groups in total. The third kappa shape index (κ3) is 5.35. The number of guanidine groups is 1. The Balaban J connectivity index is 1.54. The van der Waals surface area contributed by atoms with Gasteiger partial charge in [-0.3, -0.25) is 0 Å².